The smallest absolute Gasteiger partial charge is 0.277 e. The van der Waals surface area contributed by atoms with Gasteiger partial charge in [0.2, 0.25) is 0 Å². The van der Waals surface area contributed by atoms with E-state index in [1.165, 1.54) is 6.21 Å². The lowest BCUT2D eigenvalue weighted by molar-refractivity contribution is -0.123. The van der Waals surface area contributed by atoms with E-state index in [-0.39, 0.29) is 6.61 Å². The second-order valence-electron chi connectivity index (χ2n) is 4.14. The lowest BCUT2D eigenvalue weighted by Crippen LogP contribution is -2.24. The highest BCUT2D eigenvalue weighted by Crippen LogP contribution is 2.16. The molecule has 1 amide bonds. The molecule has 2 aromatic rings. The third-order valence-corrected chi connectivity index (χ3v) is 2.51. The number of ether oxygens (including phenoxy) is 1. The summed E-state index contributed by atoms with van der Waals surface area (Å²) in [6, 6.07) is 12.2. The van der Waals surface area contributed by atoms with Crippen LogP contribution in [0.3, 0.4) is 0 Å². The van der Waals surface area contributed by atoms with Crippen molar-refractivity contribution in [3.05, 3.63) is 53.5 Å². The topological polar surface area (TPSA) is 87.6 Å². The minimum Gasteiger partial charge on any atom is -0.482 e. The highest BCUT2D eigenvalue weighted by Gasteiger charge is 2.05. The summed E-state index contributed by atoms with van der Waals surface area (Å²) in [4.78, 5) is 11.5. The molecule has 1 N–H and O–H groups in total. The van der Waals surface area contributed by atoms with Crippen molar-refractivity contribution in [1.29, 1.82) is 5.26 Å². The summed E-state index contributed by atoms with van der Waals surface area (Å²) < 4.78 is 10.5. The standard InChI is InChI=1S/C15H13N3O3/c1-11-6-7-13(21-11)9-17-18-15(19)10-20-14-5-3-2-4-12(14)8-16/h2-7,9H,10H2,1H3,(H,18,19)/b17-9-. The quantitative estimate of drug-likeness (QED) is 0.671. The van der Waals surface area contributed by atoms with Crippen molar-refractivity contribution in [2.24, 2.45) is 5.10 Å². The van der Waals surface area contributed by atoms with Crippen molar-refractivity contribution < 1.29 is 13.9 Å². The second kappa shape index (κ2) is 6.91. The Kier molecular flexibility index (Phi) is 4.72. The fraction of sp³-hybridized carbons (Fsp3) is 0.133. The second-order valence-corrected chi connectivity index (χ2v) is 4.14. The van der Waals surface area contributed by atoms with Gasteiger partial charge in [0.1, 0.15) is 23.3 Å². The first kappa shape index (κ1) is 14.3. The van der Waals surface area contributed by atoms with Crippen molar-refractivity contribution in [3.63, 3.8) is 0 Å². The summed E-state index contributed by atoms with van der Waals surface area (Å²) in [5.74, 6) is 1.24. The molecule has 0 bridgehead atoms. The number of carbonyl (C=O) groups excluding carboxylic acids is 1. The van der Waals surface area contributed by atoms with Gasteiger partial charge < -0.3 is 9.15 Å². The average Bonchev–Trinajstić information content (AvgIpc) is 2.91. The van der Waals surface area contributed by atoms with E-state index in [1.54, 1.807) is 36.4 Å². The minimum absolute atomic E-state index is 0.229. The number of nitriles is 1. The fourth-order valence-electron chi connectivity index (χ4n) is 1.55. The summed E-state index contributed by atoms with van der Waals surface area (Å²) in [5.41, 5.74) is 2.69. The van der Waals surface area contributed by atoms with Gasteiger partial charge in [-0.3, -0.25) is 4.79 Å². The number of rotatable bonds is 5. The van der Waals surface area contributed by atoms with Gasteiger partial charge in [-0.15, -0.1) is 0 Å². The van der Waals surface area contributed by atoms with Crippen molar-refractivity contribution in [3.8, 4) is 11.8 Å². The zero-order chi connectivity index (χ0) is 15.1. The minimum atomic E-state index is -0.428. The molecule has 1 aromatic carbocycles. The first-order chi connectivity index (χ1) is 10.2. The van der Waals surface area contributed by atoms with Crippen LogP contribution >= 0.6 is 0 Å². The van der Waals surface area contributed by atoms with Crippen molar-refractivity contribution in [1.82, 2.24) is 5.43 Å². The van der Waals surface area contributed by atoms with Gasteiger partial charge in [-0.1, -0.05) is 12.1 Å². The molecular weight excluding hydrogens is 270 g/mol. The van der Waals surface area contributed by atoms with Crippen LogP contribution in [0.1, 0.15) is 17.1 Å². The number of amides is 1. The lowest BCUT2D eigenvalue weighted by atomic mass is 10.2. The van der Waals surface area contributed by atoms with Crippen LogP contribution in [-0.4, -0.2) is 18.7 Å². The van der Waals surface area contributed by atoms with Crippen LogP contribution in [-0.2, 0) is 4.79 Å². The predicted molar refractivity (Wildman–Crippen MR) is 75.8 cm³/mol. The molecule has 0 spiro atoms. The SMILES string of the molecule is Cc1ccc(/C=N\NC(=O)COc2ccccc2C#N)o1. The van der Waals surface area contributed by atoms with E-state index in [0.717, 1.165) is 5.76 Å². The van der Waals surface area contributed by atoms with E-state index in [1.807, 2.05) is 13.0 Å². The molecule has 0 radical (unpaired) electrons. The molecule has 0 atom stereocenters. The lowest BCUT2D eigenvalue weighted by Gasteiger charge is -2.05. The largest absolute Gasteiger partial charge is 0.482 e. The average molecular weight is 283 g/mol. The van der Waals surface area contributed by atoms with Crippen molar-refractivity contribution in [2.45, 2.75) is 6.92 Å². The molecule has 0 unspecified atom stereocenters. The number of benzene rings is 1. The van der Waals surface area contributed by atoms with Gasteiger partial charge in [0.05, 0.1) is 11.8 Å². The predicted octanol–water partition coefficient (Wildman–Crippen LogP) is 1.99. The molecule has 2 rings (SSSR count). The first-order valence-corrected chi connectivity index (χ1v) is 6.19. The highest BCUT2D eigenvalue weighted by atomic mass is 16.5. The van der Waals surface area contributed by atoms with E-state index >= 15 is 0 Å². The van der Waals surface area contributed by atoms with Crippen LogP contribution in [0.4, 0.5) is 0 Å². The Morgan fingerprint density at radius 2 is 2.24 bits per heavy atom. The third kappa shape index (κ3) is 4.21. The molecule has 6 heteroatoms. The molecular formula is C15H13N3O3. The van der Waals surface area contributed by atoms with Gasteiger partial charge in [0.15, 0.2) is 6.61 Å². The molecule has 0 aliphatic carbocycles. The Morgan fingerprint density at radius 1 is 1.43 bits per heavy atom. The normalized spacial score (nSPS) is 10.3. The van der Waals surface area contributed by atoms with Gasteiger partial charge in [0.25, 0.3) is 5.91 Å². The number of hydrogen-bond donors (Lipinski definition) is 1. The van der Waals surface area contributed by atoms with E-state index in [0.29, 0.717) is 17.1 Å². The molecule has 1 aromatic heterocycles. The van der Waals surface area contributed by atoms with Gasteiger partial charge >= 0.3 is 0 Å². The van der Waals surface area contributed by atoms with E-state index < -0.39 is 5.91 Å². The summed E-state index contributed by atoms with van der Waals surface area (Å²) in [5, 5.41) is 12.6. The number of nitrogens with one attached hydrogen (secondary N) is 1. The summed E-state index contributed by atoms with van der Waals surface area (Å²) in [7, 11) is 0. The van der Waals surface area contributed by atoms with Gasteiger partial charge in [-0.25, -0.2) is 5.43 Å². The van der Waals surface area contributed by atoms with Gasteiger partial charge in [-0.05, 0) is 31.2 Å². The van der Waals surface area contributed by atoms with Crippen LogP contribution in [0.15, 0.2) is 45.9 Å². The van der Waals surface area contributed by atoms with Crippen LogP contribution < -0.4 is 10.2 Å². The summed E-state index contributed by atoms with van der Waals surface area (Å²) in [6.07, 6.45) is 1.40. The van der Waals surface area contributed by atoms with Gasteiger partial charge in [0, 0.05) is 0 Å². The Hall–Kier alpha value is -3.07. The number of furan rings is 1. The molecule has 106 valence electrons. The maximum atomic E-state index is 11.5. The molecule has 0 saturated heterocycles. The van der Waals surface area contributed by atoms with Crippen LogP contribution in [0.2, 0.25) is 0 Å². The van der Waals surface area contributed by atoms with E-state index in [9.17, 15) is 4.79 Å². The Morgan fingerprint density at radius 3 is 2.95 bits per heavy atom. The van der Waals surface area contributed by atoms with Crippen molar-refractivity contribution >= 4 is 12.1 Å². The number of hydrogen-bond acceptors (Lipinski definition) is 5. The number of carbonyl (C=O) groups is 1. The zero-order valence-corrected chi connectivity index (χ0v) is 11.4. The number of nitrogens with zero attached hydrogens (tertiary/aromatic N) is 2. The Bertz CT molecular complexity index is 698. The summed E-state index contributed by atoms with van der Waals surface area (Å²) in [6.45, 7) is 1.59. The van der Waals surface area contributed by atoms with Gasteiger partial charge in [-0.2, -0.15) is 10.4 Å². The third-order valence-electron chi connectivity index (χ3n) is 2.51. The summed E-state index contributed by atoms with van der Waals surface area (Å²) >= 11 is 0. The number of aryl methyl sites for hydroxylation is 1. The molecule has 21 heavy (non-hydrogen) atoms. The van der Waals surface area contributed by atoms with E-state index in [4.69, 9.17) is 14.4 Å². The zero-order valence-electron chi connectivity index (χ0n) is 11.4. The van der Waals surface area contributed by atoms with Crippen LogP contribution in [0.5, 0.6) is 5.75 Å². The molecule has 0 fully saturated rings. The first-order valence-electron chi connectivity index (χ1n) is 6.19. The van der Waals surface area contributed by atoms with E-state index in [2.05, 4.69) is 10.5 Å². The Balaban J connectivity index is 1.82. The maximum Gasteiger partial charge on any atom is 0.277 e. The van der Waals surface area contributed by atoms with Crippen molar-refractivity contribution in [2.75, 3.05) is 6.61 Å². The number of hydrazone groups is 1. The Labute approximate surface area is 121 Å². The monoisotopic (exact) mass is 283 g/mol. The van der Waals surface area contributed by atoms with Crippen LogP contribution in [0.25, 0.3) is 0 Å². The maximum absolute atomic E-state index is 11.5. The molecule has 0 saturated carbocycles. The number of para-hydroxylation sites is 1. The fourth-order valence-corrected chi connectivity index (χ4v) is 1.55. The molecule has 0 aliphatic rings. The highest BCUT2D eigenvalue weighted by molar-refractivity contribution is 5.81. The molecule has 6 nitrogen and oxygen atoms in total. The molecule has 0 aliphatic heterocycles. The van der Waals surface area contributed by atoms with Crippen LogP contribution in [0, 0.1) is 18.3 Å². The molecule has 1 heterocycles.